The summed E-state index contributed by atoms with van der Waals surface area (Å²) in [5.41, 5.74) is 6.74. The third kappa shape index (κ3) is 5.05. The van der Waals surface area contributed by atoms with Gasteiger partial charge in [-0.15, -0.1) is 23.1 Å². The summed E-state index contributed by atoms with van der Waals surface area (Å²) >= 11 is 9.82. The average molecular weight is 518 g/mol. The van der Waals surface area contributed by atoms with Crippen LogP contribution in [0.5, 0.6) is 0 Å². The Hall–Kier alpha value is -2.22. The number of rotatable bonds is 9. The second-order valence-corrected chi connectivity index (χ2v) is 9.93. The Morgan fingerprint density at radius 2 is 2.28 bits per heavy atom. The second-order valence-electron chi connectivity index (χ2n) is 6.53. The number of oxime groups is 1. The largest absolute Gasteiger partial charge is 0.455 e. The lowest BCUT2D eigenvalue weighted by Gasteiger charge is -2.49. The molecule has 3 rings (SSSR count). The van der Waals surface area contributed by atoms with Crippen LogP contribution in [0.4, 0.5) is 5.13 Å². The highest BCUT2D eigenvalue weighted by Gasteiger charge is 2.54. The van der Waals surface area contributed by atoms with Crippen LogP contribution < -0.4 is 11.1 Å². The molecule has 0 aromatic carbocycles. The maximum Gasteiger partial charge on any atom is 0.355 e. The molecule has 10 nitrogen and oxygen atoms in total. The number of fused-ring (bicyclic) bond motifs is 1. The fourth-order valence-electron chi connectivity index (χ4n) is 3.07. The molecule has 172 valence electrons. The zero-order valence-electron chi connectivity index (χ0n) is 17.1. The minimum absolute atomic E-state index is 0.105. The summed E-state index contributed by atoms with van der Waals surface area (Å²) in [6.07, 6.45) is 1.90. The summed E-state index contributed by atoms with van der Waals surface area (Å²) in [7, 11) is 1.29. The highest BCUT2D eigenvalue weighted by molar-refractivity contribution is 8.00. The first-order valence-corrected chi connectivity index (χ1v) is 12.8. The molecular weight excluding hydrogens is 498 g/mol. The Bertz CT molecular complexity index is 1010. The second kappa shape index (κ2) is 10.6. The molecule has 0 saturated carbocycles. The molecule has 3 heterocycles. The Labute approximate surface area is 201 Å². The first kappa shape index (κ1) is 24.4. The van der Waals surface area contributed by atoms with Gasteiger partial charge < -0.3 is 20.6 Å². The van der Waals surface area contributed by atoms with Crippen molar-refractivity contribution < 1.29 is 24.0 Å². The Balaban J connectivity index is 1.78. The van der Waals surface area contributed by atoms with Gasteiger partial charge in [-0.25, -0.2) is 9.78 Å². The Kier molecular flexibility index (Phi) is 8.09. The van der Waals surface area contributed by atoms with Crippen molar-refractivity contribution in [1.29, 1.82) is 0 Å². The van der Waals surface area contributed by atoms with Gasteiger partial charge >= 0.3 is 5.97 Å². The zero-order chi connectivity index (χ0) is 23.4. The average Bonchev–Trinajstić information content (AvgIpc) is 3.19. The van der Waals surface area contributed by atoms with Crippen molar-refractivity contribution in [3.05, 3.63) is 34.0 Å². The van der Waals surface area contributed by atoms with Gasteiger partial charge in [-0.3, -0.25) is 14.5 Å². The van der Waals surface area contributed by atoms with Crippen molar-refractivity contribution >= 4 is 75.1 Å². The summed E-state index contributed by atoms with van der Waals surface area (Å²) in [5, 5.41) is 7.91. The van der Waals surface area contributed by atoms with Gasteiger partial charge in [0.15, 0.2) is 10.8 Å². The summed E-state index contributed by atoms with van der Waals surface area (Å²) in [4.78, 5) is 48.6. The number of hydrogen-bond donors (Lipinski definition) is 2. The van der Waals surface area contributed by atoms with E-state index in [4.69, 9.17) is 26.9 Å². The minimum Gasteiger partial charge on any atom is -0.455 e. The van der Waals surface area contributed by atoms with Crippen LogP contribution in [-0.2, 0) is 24.0 Å². The lowest BCUT2D eigenvalue weighted by atomic mass is 10.0. The molecule has 1 saturated heterocycles. The van der Waals surface area contributed by atoms with E-state index in [0.717, 1.165) is 16.9 Å². The van der Waals surface area contributed by atoms with Gasteiger partial charge in [0.25, 0.3) is 11.8 Å². The highest BCUT2D eigenvalue weighted by atomic mass is 35.5. The quantitative estimate of drug-likeness (QED) is 0.215. The number of carbonyl (C=O) groups excluding carboxylic acids is 3. The molecular formula is C18H20ClN5O5S3. The predicted octanol–water partition coefficient (Wildman–Crippen LogP) is 1.39. The van der Waals surface area contributed by atoms with Gasteiger partial charge in [0, 0.05) is 21.9 Å². The monoisotopic (exact) mass is 517 g/mol. The number of anilines is 1. The van der Waals surface area contributed by atoms with E-state index < -0.39 is 29.2 Å². The molecule has 32 heavy (non-hydrogen) atoms. The van der Waals surface area contributed by atoms with Crippen LogP contribution >= 0.6 is 46.5 Å². The summed E-state index contributed by atoms with van der Waals surface area (Å²) < 4.78 is 5.18. The van der Waals surface area contributed by atoms with Gasteiger partial charge in [-0.2, -0.15) is 11.8 Å². The zero-order valence-corrected chi connectivity index (χ0v) is 20.3. The molecule has 2 amide bonds. The van der Waals surface area contributed by atoms with Gasteiger partial charge in [0.1, 0.15) is 36.5 Å². The number of halogens is 1. The normalized spacial score (nSPS) is 20.4. The van der Waals surface area contributed by atoms with Gasteiger partial charge in [-0.1, -0.05) is 23.3 Å². The van der Waals surface area contributed by atoms with Crippen molar-refractivity contribution in [2.75, 3.05) is 37.2 Å². The van der Waals surface area contributed by atoms with Crippen molar-refractivity contribution in [3.8, 4) is 0 Å². The molecule has 1 aromatic rings. The van der Waals surface area contributed by atoms with Gasteiger partial charge in [-0.05, 0) is 11.8 Å². The van der Waals surface area contributed by atoms with Crippen LogP contribution in [0.15, 0.2) is 33.4 Å². The SMILES string of the molecule is C=C(Cl)COC(=O)C1=C(CSC)CS[C@H]2C(NC(=O)C(=NOC)c3csc(N)n3)C(=O)N12. The van der Waals surface area contributed by atoms with Crippen molar-refractivity contribution in [2.45, 2.75) is 11.4 Å². The van der Waals surface area contributed by atoms with Crippen molar-refractivity contribution in [3.63, 3.8) is 0 Å². The molecule has 2 aliphatic rings. The lowest BCUT2D eigenvalue weighted by Crippen LogP contribution is -2.71. The van der Waals surface area contributed by atoms with Gasteiger partial charge in [0.05, 0.1) is 0 Å². The van der Waals surface area contributed by atoms with Crippen LogP contribution in [0, 0.1) is 0 Å². The number of β-lactam (4-membered cyclic amide) rings is 1. The molecule has 0 aliphatic carbocycles. The molecule has 0 spiro atoms. The number of nitrogens with zero attached hydrogens (tertiary/aromatic N) is 3. The van der Waals surface area contributed by atoms with E-state index >= 15 is 0 Å². The maximum absolute atomic E-state index is 13.0. The molecule has 2 aliphatic heterocycles. The van der Waals surface area contributed by atoms with E-state index in [0.29, 0.717) is 11.5 Å². The van der Waals surface area contributed by atoms with Crippen molar-refractivity contribution in [2.24, 2.45) is 5.16 Å². The van der Waals surface area contributed by atoms with E-state index in [9.17, 15) is 14.4 Å². The molecule has 1 aromatic heterocycles. The number of carbonyl (C=O) groups is 3. The first-order chi connectivity index (χ1) is 15.3. The Morgan fingerprint density at radius 3 is 2.88 bits per heavy atom. The third-order valence-corrected chi connectivity index (χ3v) is 7.13. The highest BCUT2D eigenvalue weighted by Crippen LogP contribution is 2.41. The van der Waals surface area contributed by atoms with E-state index in [2.05, 4.69) is 22.0 Å². The number of aromatic nitrogens is 1. The lowest BCUT2D eigenvalue weighted by molar-refractivity contribution is -0.152. The fraction of sp³-hybridized carbons (Fsp3) is 0.389. The van der Waals surface area contributed by atoms with Crippen LogP contribution in [-0.4, -0.2) is 76.3 Å². The molecule has 2 atom stereocenters. The topological polar surface area (TPSA) is 136 Å². The fourth-order valence-corrected chi connectivity index (χ4v) is 5.74. The molecule has 0 radical (unpaired) electrons. The standard InChI is InChI=1S/C18H20ClN5O5S3/c1-8(19)4-29-17(27)13-9(5-30-3)6-31-16-12(15(26)24(13)16)22-14(25)11(23-28-2)10-7-32-18(20)21-10/h7,12,16H,1,4-6H2,2-3H3,(H2,20,21)(H,22,25)/t12?,16-/m0/s1. The maximum atomic E-state index is 13.0. The summed E-state index contributed by atoms with van der Waals surface area (Å²) in [6, 6.07) is -0.854. The number of nitrogens with two attached hydrogens (primary N) is 1. The van der Waals surface area contributed by atoms with Crippen LogP contribution in [0.25, 0.3) is 0 Å². The molecule has 14 heteroatoms. The van der Waals surface area contributed by atoms with E-state index in [1.165, 1.54) is 35.5 Å². The Morgan fingerprint density at radius 1 is 1.53 bits per heavy atom. The number of hydrogen-bond acceptors (Lipinski definition) is 11. The molecule has 1 fully saturated rings. The van der Waals surface area contributed by atoms with E-state index in [1.807, 2.05) is 6.26 Å². The molecule has 1 unspecified atom stereocenters. The third-order valence-electron chi connectivity index (χ3n) is 4.37. The van der Waals surface area contributed by atoms with Crippen molar-refractivity contribution in [1.82, 2.24) is 15.2 Å². The van der Waals surface area contributed by atoms with Crippen LogP contribution in [0.3, 0.4) is 0 Å². The summed E-state index contributed by atoms with van der Waals surface area (Å²) in [5.74, 6) is -0.658. The smallest absolute Gasteiger partial charge is 0.355 e. The number of nitrogen functional groups attached to an aromatic ring is 1. The van der Waals surface area contributed by atoms with Crippen LogP contribution in [0.1, 0.15) is 5.69 Å². The first-order valence-electron chi connectivity index (χ1n) is 9.07. The van der Waals surface area contributed by atoms with E-state index in [1.54, 1.807) is 5.38 Å². The van der Waals surface area contributed by atoms with E-state index in [-0.39, 0.29) is 33.9 Å². The number of nitrogens with one attached hydrogen (secondary N) is 1. The minimum atomic E-state index is -0.854. The number of thiazole rings is 1. The number of amides is 2. The molecule has 0 bridgehead atoms. The molecule has 3 N–H and O–H groups in total. The number of esters is 1. The summed E-state index contributed by atoms with van der Waals surface area (Å²) in [6.45, 7) is 3.33. The van der Waals surface area contributed by atoms with Gasteiger partial charge in [0.2, 0.25) is 0 Å². The van der Waals surface area contributed by atoms with Crippen LogP contribution in [0.2, 0.25) is 0 Å². The number of thioether (sulfide) groups is 2. The predicted molar refractivity (Wildman–Crippen MR) is 126 cm³/mol. The number of ether oxygens (including phenoxy) is 1.